The number of nitrogen functional groups attached to an aromatic ring is 1. The summed E-state index contributed by atoms with van der Waals surface area (Å²) >= 11 is 0. The van der Waals surface area contributed by atoms with Crippen molar-refractivity contribution >= 4 is 5.69 Å². The zero-order valence-electron chi connectivity index (χ0n) is 7.74. The number of hydrogen-bond donors (Lipinski definition) is 1. The van der Waals surface area contributed by atoms with Crippen molar-refractivity contribution in [3.05, 3.63) is 24.3 Å². The quantitative estimate of drug-likeness (QED) is 0.700. The number of nitrogens with zero attached hydrogens (tertiary/aromatic N) is 1. The molecule has 0 aliphatic heterocycles. The Morgan fingerprint density at radius 2 is 2.00 bits per heavy atom. The van der Waals surface area contributed by atoms with Gasteiger partial charge in [0.05, 0.1) is 5.69 Å². The molecule has 0 spiro atoms. The number of anilines is 1. The van der Waals surface area contributed by atoms with Gasteiger partial charge in [0.1, 0.15) is 11.8 Å². The Labute approximate surface area is 77.7 Å². The van der Waals surface area contributed by atoms with Crippen LogP contribution in [0.2, 0.25) is 0 Å². The number of benzene rings is 1. The third-order valence-electron chi connectivity index (χ3n) is 1.55. The Balaban J connectivity index is 2.88. The van der Waals surface area contributed by atoms with Crippen molar-refractivity contribution in [2.45, 2.75) is 19.4 Å². The van der Waals surface area contributed by atoms with Gasteiger partial charge in [-0.05, 0) is 26.0 Å². The van der Waals surface area contributed by atoms with Gasteiger partial charge in [-0.3, -0.25) is 0 Å². The number of para-hydroxylation sites is 2. The van der Waals surface area contributed by atoms with Crippen LogP contribution in [0.4, 0.5) is 5.69 Å². The van der Waals surface area contributed by atoms with E-state index in [-0.39, 0.29) is 0 Å². The lowest BCUT2D eigenvalue weighted by molar-refractivity contribution is 0.171. The highest BCUT2D eigenvalue weighted by Crippen LogP contribution is 2.24. The maximum atomic E-state index is 8.73. The number of hydrogen-bond acceptors (Lipinski definition) is 3. The Kier molecular flexibility index (Phi) is 2.43. The fourth-order valence-electron chi connectivity index (χ4n) is 0.871. The summed E-state index contributed by atoms with van der Waals surface area (Å²) in [5.74, 6) is 0.550. The van der Waals surface area contributed by atoms with Gasteiger partial charge in [0.25, 0.3) is 0 Å². The standard InChI is InChI=1S/C10H12N2O/c1-10(2,7-11)13-9-6-4-3-5-8(9)12/h3-6H,12H2,1-2H3. The summed E-state index contributed by atoms with van der Waals surface area (Å²) < 4.78 is 5.40. The largest absolute Gasteiger partial charge is 0.471 e. The zero-order valence-corrected chi connectivity index (χ0v) is 7.74. The molecule has 0 unspecified atom stereocenters. The number of ether oxygens (including phenoxy) is 1. The molecule has 0 aliphatic rings. The van der Waals surface area contributed by atoms with E-state index in [0.29, 0.717) is 11.4 Å². The molecular formula is C10H12N2O. The van der Waals surface area contributed by atoms with Crippen LogP contribution in [0.15, 0.2) is 24.3 Å². The van der Waals surface area contributed by atoms with Gasteiger partial charge in [0, 0.05) is 0 Å². The summed E-state index contributed by atoms with van der Waals surface area (Å²) in [4.78, 5) is 0. The lowest BCUT2D eigenvalue weighted by atomic mass is 10.1. The second kappa shape index (κ2) is 3.36. The van der Waals surface area contributed by atoms with E-state index in [1.165, 1.54) is 0 Å². The lowest BCUT2D eigenvalue weighted by Crippen LogP contribution is -2.25. The van der Waals surface area contributed by atoms with E-state index in [0.717, 1.165) is 0 Å². The van der Waals surface area contributed by atoms with Crippen LogP contribution in [-0.4, -0.2) is 5.60 Å². The van der Waals surface area contributed by atoms with Crippen molar-refractivity contribution in [1.29, 1.82) is 5.26 Å². The minimum Gasteiger partial charge on any atom is -0.471 e. The van der Waals surface area contributed by atoms with Crippen LogP contribution in [0.5, 0.6) is 5.75 Å². The van der Waals surface area contributed by atoms with E-state index in [9.17, 15) is 0 Å². The second-order valence-electron chi connectivity index (χ2n) is 3.26. The summed E-state index contributed by atoms with van der Waals surface area (Å²) in [6.07, 6.45) is 0. The van der Waals surface area contributed by atoms with Gasteiger partial charge in [-0.15, -0.1) is 0 Å². The highest BCUT2D eigenvalue weighted by atomic mass is 16.5. The lowest BCUT2D eigenvalue weighted by Gasteiger charge is -2.19. The molecule has 13 heavy (non-hydrogen) atoms. The van der Waals surface area contributed by atoms with Gasteiger partial charge in [0.2, 0.25) is 0 Å². The third kappa shape index (κ3) is 2.38. The summed E-state index contributed by atoms with van der Waals surface area (Å²) in [5.41, 5.74) is 5.36. The van der Waals surface area contributed by atoms with Crippen LogP contribution in [0.25, 0.3) is 0 Å². The molecule has 68 valence electrons. The van der Waals surface area contributed by atoms with E-state index < -0.39 is 5.60 Å². The molecule has 0 bridgehead atoms. The predicted molar refractivity (Wildman–Crippen MR) is 51.2 cm³/mol. The van der Waals surface area contributed by atoms with Crippen molar-refractivity contribution in [3.63, 3.8) is 0 Å². The van der Waals surface area contributed by atoms with Crippen molar-refractivity contribution in [3.8, 4) is 11.8 Å². The van der Waals surface area contributed by atoms with Gasteiger partial charge in [-0.2, -0.15) is 5.26 Å². The molecule has 3 nitrogen and oxygen atoms in total. The molecule has 0 radical (unpaired) electrons. The number of nitriles is 1. The summed E-state index contributed by atoms with van der Waals surface area (Å²) in [7, 11) is 0. The van der Waals surface area contributed by atoms with Crippen molar-refractivity contribution in [2.75, 3.05) is 5.73 Å². The molecular weight excluding hydrogens is 164 g/mol. The monoisotopic (exact) mass is 176 g/mol. The average Bonchev–Trinajstić information content (AvgIpc) is 2.09. The van der Waals surface area contributed by atoms with E-state index >= 15 is 0 Å². The fourth-order valence-corrected chi connectivity index (χ4v) is 0.871. The Morgan fingerprint density at radius 1 is 1.38 bits per heavy atom. The van der Waals surface area contributed by atoms with E-state index in [4.69, 9.17) is 15.7 Å². The smallest absolute Gasteiger partial charge is 0.188 e. The molecule has 3 heteroatoms. The predicted octanol–water partition coefficient (Wildman–Crippen LogP) is 1.95. The molecule has 0 aliphatic carbocycles. The van der Waals surface area contributed by atoms with Crippen LogP contribution in [0.1, 0.15) is 13.8 Å². The van der Waals surface area contributed by atoms with E-state index in [1.54, 1.807) is 26.0 Å². The molecule has 1 rings (SSSR count). The van der Waals surface area contributed by atoms with Crippen LogP contribution < -0.4 is 10.5 Å². The third-order valence-corrected chi connectivity index (χ3v) is 1.55. The fraction of sp³-hybridized carbons (Fsp3) is 0.300. The first-order valence-electron chi connectivity index (χ1n) is 4.00. The van der Waals surface area contributed by atoms with Gasteiger partial charge in [0.15, 0.2) is 5.60 Å². The molecule has 0 saturated carbocycles. The van der Waals surface area contributed by atoms with Gasteiger partial charge < -0.3 is 10.5 Å². The van der Waals surface area contributed by atoms with Gasteiger partial charge in [-0.25, -0.2) is 0 Å². The zero-order chi connectivity index (χ0) is 9.90. The van der Waals surface area contributed by atoms with E-state index in [2.05, 4.69) is 0 Å². The number of nitrogens with two attached hydrogens (primary N) is 1. The maximum absolute atomic E-state index is 8.73. The van der Waals surface area contributed by atoms with Gasteiger partial charge in [-0.1, -0.05) is 12.1 Å². The van der Waals surface area contributed by atoms with E-state index in [1.807, 2.05) is 18.2 Å². The highest BCUT2D eigenvalue weighted by molar-refractivity contribution is 5.52. The van der Waals surface area contributed by atoms with Gasteiger partial charge >= 0.3 is 0 Å². The Morgan fingerprint density at radius 3 is 2.54 bits per heavy atom. The molecule has 0 fully saturated rings. The van der Waals surface area contributed by atoms with Crippen LogP contribution >= 0.6 is 0 Å². The normalized spacial score (nSPS) is 10.5. The molecule has 0 saturated heterocycles. The maximum Gasteiger partial charge on any atom is 0.188 e. The Hall–Kier alpha value is -1.69. The van der Waals surface area contributed by atoms with Crippen molar-refractivity contribution in [2.24, 2.45) is 0 Å². The molecule has 0 amide bonds. The number of rotatable bonds is 2. The summed E-state index contributed by atoms with van der Waals surface area (Å²) in [6, 6.07) is 9.16. The first-order valence-corrected chi connectivity index (χ1v) is 4.00. The van der Waals surface area contributed by atoms with Crippen LogP contribution in [-0.2, 0) is 0 Å². The van der Waals surface area contributed by atoms with Crippen LogP contribution in [0, 0.1) is 11.3 Å². The second-order valence-corrected chi connectivity index (χ2v) is 3.26. The highest BCUT2D eigenvalue weighted by Gasteiger charge is 2.19. The average molecular weight is 176 g/mol. The van der Waals surface area contributed by atoms with Crippen molar-refractivity contribution in [1.82, 2.24) is 0 Å². The molecule has 1 aromatic carbocycles. The topological polar surface area (TPSA) is 59.0 Å². The SMILES string of the molecule is CC(C)(C#N)Oc1ccccc1N. The minimum atomic E-state index is -0.838. The van der Waals surface area contributed by atoms with Crippen LogP contribution in [0.3, 0.4) is 0 Å². The first kappa shape index (κ1) is 9.40. The van der Waals surface area contributed by atoms with Crippen molar-refractivity contribution < 1.29 is 4.74 Å². The molecule has 0 aromatic heterocycles. The Bertz CT molecular complexity index is 339. The molecule has 0 heterocycles. The summed E-state index contributed by atoms with van der Waals surface area (Å²) in [6.45, 7) is 3.39. The molecule has 0 atom stereocenters. The molecule has 2 N–H and O–H groups in total. The minimum absolute atomic E-state index is 0.547. The first-order chi connectivity index (χ1) is 6.05. The summed E-state index contributed by atoms with van der Waals surface area (Å²) in [5, 5.41) is 8.73. The molecule has 1 aromatic rings.